The van der Waals surface area contributed by atoms with Crippen molar-refractivity contribution in [1.82, 2.24) is 10.2 Å². The van der Waals surface area contributed by atoms with E-state index < -0.39 is 11.5 Å². The first-order valence-electron chi connectivity index (χ1n) is 7.47. The Morgan fingerprint density at radius 3 is 2.70 bits per heavy atom. The third-order valence-corrected chi connectivity index (χ3v) is 5.65. The van der Waals surface area contributed by atoms with Crippen molar-refractivity contribution >= 4 is 23.8 Å². The van der Waals surface area contributed by atoms with Crippen LogP contribution in [0.1, 0.15) is 39.0 Å². The summed E-state index contributed by atoms with van der Waals surface area (Å²) in [6.07, 6.45) is 4.08. The first-order valence-corrected chi connectivity index (χ1v) is 8.62. The predicted molar refractivity (Wildman–Crippen MR) is 80.0 cm³/mol. The monoisotopic (exact) mass is 300 g/mol. The summed E-state index contributed by atoms with van der Waals surface area (Å²) in [6, 6.07) is -0.204. The molecule has 0 saturated carbocycles. The molecule has 2 N–H and O–H groups in total. The number of thioether (sulfide) groups is 1. The molecule has 2 amide bonds. The molecular weight excluding hydrogens is 276 g/mol. The van der Waals surface area contributed by atoms with E-state index in [1.807, 2.05) is 18.7 Å². The summed E-state index contributed by atoms with van der Waals surface area (Å²) < 4.78 is 0. The van der Waals surface area contributed by atoms with Crippen LogP contribution < -0.4 is 5.32 Å². The highest BCUT2D eigenvalue weighted by Gasteiger charge is 2.48. The van der Waals surface area contributed by atoms with Crippen LogP contribution in [0.3, 0.4) is 0 Å². The van der Waals surface area contributed by atoms with E-state index in [1.54, 1.807) is 0 Å². The summed E-state index contributed by atoms with van der Waals surface area (Å²) in [5.41, 5.74) is -0.994. The molecule has 0 aliphatic carbocycles. The summed E-state index contributed by atoms with van der Waals surface area (Å²) in [4.78, 5) is 25.4. The Bertz CT molecular complexity index is 371. The van der Waals surface area contributed by atoms with Crippen LogP contribution in [-0.2, 0) is 4.79 Å². The maximum Gasteiger partial charge on any atom is 0.329 e. The fourth-order valence-corrected chi connectivity index (χ4v) is 4.40. The van der Waals surface area contributed by atoms with E-state index in [4.69, 9.17) is 0 Å². The van der Waals surface area contributed by atoms with Crippen LogP contribution in [0, 0.1) is 5.92 Å². The molecule has 2 saturated heterocycles. The van der Waals surface area contributed by atoms with Gasteiger partial charge in [0, 0.05) is 13.1 Å². The summed E-state index contributed by atoms with van der Waals surface area (Å²) >= 11 is 1.96. The molecule has 1 unspecified atom stereocenters. The quantitative estimate of drug-likeness (QED) is 0.835. The number of carbonyl (C=O) groups excluding carboxylic acids is 1. The molecule has 0 radical (unpaired) electrons. The molecule has 0 bridgehead atoms. The number of hydrogen-bond acceptors (Lipinski definition) is 3. The molecule has 2 heterocycles. The number of carboxylic acid groups (broad SMARTS) is 1. The zero-order valence-electron chi connectivity index (χ0n) is 12.1. The standard InChI is InChI=1S/C14H24N2O3S/c1-2-14(12(17)18)6-3-7-16(14)13(19)15-10-11-4-8-20-9-5-11/h11H,2-10H2,1H3,(H,15,19)(H,17,18). The fourth-order valence-electron chi connectivity index (χ4n) is 3.19. The number of nitrogens with zero attached hydrogens (tertiary/aromatic N) is 1. The average molecular weight is 300 g/mol. The number of rotatable bonds is 4. The Balaban J connectivity index is 1.92. The summed E-state index contributed by atoms with van der Waals surface area (Å²) in [5.74, 6) is 2.00. The van der Waals surface area contributed by atoms with Gasteiger partial charge in [0.2, 0.25) is 0 Å². The van der Waals surface area contributed by atoms with Crippen molar-refractivity contribution in [2.24, 2.45) is 5.92 Å². The van der Waals surface area contributed by atoms with E-state index in [1.165, 1.54) is 4.90 Å². The van der Waals surface area contributed by atoms with Gasteiger partial charge in [-0.2, -0.15) is 11.8 Å². The number of nitrogens with one attached hydrogen (secondary N) is 1. The van der Waals surface area contributed by atoms with Crippen molar-refractivity contribution < 1.29 is 14.7 Å². The summed E-state index contributed by atoms with van der Waals surface area (Å²) in [6.45, 7) is 3.07. The zero-order valence-corrected chi connectivity index (χ0v) is 12.9. The van der Waals surface area contributed by atoms with E-state index in [0.29, 0.717) is 31.8 Å². The van der Waals surface area contributed by atoms with Crippen LogP contribution >= 0.6 is 11.8 Å². The molecule has 6 heteroatoms. The molecule has 2 aliphatic rings. The molecular formula is C14H24N2O3S. The fraction of sp³-hybridized carbons (Fsp3) is 0.857. The lowest BCUT2D eigenvalue weighted by Crippen LogP contribution is -2.56. The maximum atomic E-state index is 12.3. The van der Waals surface area contributed by atoms with Gasteiger partial charge in [-0.15, -0.1) is 0 Å². The van der Waals surface area contributed by atoms with Crippen molar-refractivity contribution in [1.29, 1.82) is 0 Å². The second-order valence-electron chi connectivity index (χ2n) is 5.69. The van der Waals surface area contributed by atoms with Gasteiger partial charge in [-0.25, -0.2) is 9.59 Å². The Kier molecular flexibility index (Phi) is 5.18. The number of amides is 2. The molecule has 2 aliphatic heterocycles. The highest BCUT2D eigenvalue weighted by atomic mass is 32.2. The van der Waals surface area contributed by atoms with Crippen LogP contribution in [-0.4, -0.2) is 52.1 Å². The lowest BCUT2D eigenvalue weighted by atomic mass is 9.93. The van der Waals surface area contributed by atoms with E-state index in [-0.39, 0.29) is 6.03 Å². The van der Waals surface area contributed by atoms with Gasteiger partial charge in [0.15, 0.2) is 0 Å². The van der Waals surface area contributed by atoms with Crippen LogP contribution in [0.25, 0.3) is 0 Å². The average Bonchev–Trinajstić information content (AvgIpc) is 2.91. The van der Waals surface area contributed by atoms with Crippen molar-refractivity contribution in [3.05, 3.63) is 0 Å². The van der Waals surface area contributed by atoms with E-state index in [2.05, 4.69) is 5.32 Å². The van der Waals surface area contributed by atoms with Gasteiger partial charge in [0.25, 0.3) is 0 Å². The van der Waals surface area contributed by atoms with Crippen molar-refractivity contribution in [3.8, 4) is 0 Å². The van der Waals surface area contributed by atoms with Gasteiger partial charge in [0.05, 0.1) is 0 Å². The zero-order chi connectivity index (χ0) is 14.6. The second-order valence-corrected chi connectivity index (χ2v) is 6.91. The SMILES string of the molecule is CCC1(C(=O)O)CCCN1C(=O)NCC1CCSCC1. The maximum absolute atomic E-state index is 12.3. The third-order valence-electron chi connectivity index (χ3n) is 4.60. The van der Waals surface area contributed by atoms with Gasteiger partial charge < -0.3 is 15.3 Å². The Hall–Kier alpha value is -0.910. The number of urea groups is 1. The minimum Gasteiger partial charge on any atom is -0.479 e. The van der Waals surface area contributed by atoms with Crippen LogP contribution in [0.15, 0.2) is 0 Å². The normalized spacial score (nSPS) is 27.6. The van der Waals surface area contributed by atoms with Crippen LogP contribution in [0.4, 0.5) is 4.79 Å². The molecule has 114 valence electrons. The molecule has 2 fully saturated rings. The highest BCUT2D eigenvalue weighted by Crippen LogP contribution is 2.32. The summed E-state index contributed by atoms with van der Waals surface area (Å²) in [7, 11) is 0. The number of carbonyl (C=O) groups is 2. The van der Waals surface area contributed by atoms with Gasteiger partial charge in [-0.3, -0.25) is 0 Å². The molecule has 2 rings (SSSR count). The Labute approximate surface area is 124 Å². The van der Waals surface area contributed by atoms with Gasteiger partial charge in [-0.1, -0.05) is 6.92 Å². The number of hydrogen-bond donors (Lipinski definition) is 2. The number of aliphatic carboxylic acids is 1. The lowest BCUT2D eigenvalue weighted by Gasteiger charge is -2.34. The first-order chi connectivity index (χ1) is 9.60. The predicted octanol–water partition coefficient (Wildman–Crippen LogP) is 2.17. The van der Waals surface area contributed by atoms with Crippen molar-refractivity contribution in [3.63, 3.8) is 0 Å². The number of carboxylic acids is 1. The minimum atomic E-state index is -0.994. The van der Waals surface area contributed by atoms with Crippen LogP contribution in [0.5, 0.6) is 0 Å². The van der Waals surface area contributed by atoms with Gasteiger partial charge in [0.1, 0.15) is 5.54 Å². The smallest absolute Gasteiger partial charge is 0.329 e. The molecule has 20 heavy (non-hydrogen) atoms. The molecule has 0 aromatic rings. The van der Waals surface area contributed by atoms with Gasteiger partial charge in [-0.05, 0) is 49.5 Å². The topological polar surface area (TPSA) is 69.6 Å². The molecule has 0 spiro atoms. The third kappa shape index (κ3) is 3.05. The molecule has 5 nitrogen and oxygen atoms in total. The summed E-state index contributed by atoms with van der Waals surface area (Å²) in [5, 5.41) is 12.4. The lowest BCUT2D eigenvalue weighted by molar-refractivity contribution is -0.148. The first kappa shape index (κ1) is 15.5. The van der Waals surface area contributed by atoms with E-state index in [0.717, 1.165) is 30.8 Å². The molecule has 1 atom stereocenters. The number of likely N-dealkylation sites (tertiary alicyclic amines) is 1. The van der Waals surface area contributed by atoms with Crippen molar-refractivity contribution in [2.75, 3.05) is 24.6 Å². The van der Waals surface area contributed by atoms with E-state index >= 15 is 0 Å². The minimum absolute atomic E-state index is 0.204. The molecule has 0 aromatic carbocycles. The molecule has 0 aromatic heterocycles. The Morgan fingerprint density at radius 2 is 2.10 bits per heavy atom. The second kappa shape index (κ2) is 6.70. The highest BCUT2D eigenvalue weighted by molar-refractivity contribution is 7.99. The Morgan fingerprint density at radius 1 is 1.40 bits per heavy atom. The van der Waals surface area contributed by atoms with Gasteiger partial charge >= 0.3 is 12.0 Å². The van der Waals surface area contributed by atoms with Crippen molar-refractivity contribution in [2.45, 2.75) is 44.6 Å². The van der Waals surface area contributed by atoms with E-state index in [9.17, 15) is 14.7 Å². The largest absolute Gasteiger partial charge is 0.479 e. The van der Waals surface area contributed by atoms with Crippen LogP contribution in [0.2, 0.25) is 0 Å².